The number of alkyl halides is 3. The molecule has 3 saturated heterocycles. The van der Waals surface area contributed by atoms with Crippen molar-refractivity contribution in [2.75, 3.05) is 73.6 Å². The summed E-state index contributed by atoms with van der Waals surface area (Å²) >= 11 is 0. The molecular formula is C42H47F3N8O4. The van der Waals surface area contributed by atoms with Gasteiger partial charge < -0.3 is 25.0 Å². The van der Waals surface area contributed by atoms with E-state index < -0.39 is 11.7 Å². The number of rotatable bonds is 12. The van der Waals surface area contributed by atoms with Crippen LogP contribution in [0, 0.1) is 0 Å². The third-order valence-corrected chi connectivity index (χ3v) is 11.2. The monoisotopic (exact) mass is 784 g/mol. The molecule has 4 heterocycles. The Morgan fingerprint density at radius 1 is 0.860 bits per heavy atom. The third-order valence-electron chi connectivity index (χ3n) is 11.2. The number of benzene rings is 3. The zero-order chi connectivity index (χ0) is 39.5. The molecule has 1 atom stereocenters. The van der Waals surface area contributed by atoms with E-state index in [-0.39, 0.29) is 17.7 Å². The third kappa shape index (κ3) is 8.95. The summed E-state index contributed by atoms with van der Waals surface area (Å²) < 4.78 is 51.6. The molecule has 0 radical (unpaired) electrons. The van der Waals surface area contributed by atoms with Gasteiger partial charge in [-0.2, -0.15) is 13.2 Å². The van der Waals surface area contributed by atoms with Gasteiger partial charge in [-0.25, -0.2) is 15.0 Å². The van der Waals surface area contributed by atoms with Gasteiger partial charge >= 0.3 is 6.18 Å². The Morgan fingerprint density at radius 2 is 1.56 bits per heavy atom. The summed E-state index contributed by atoms with van der Waals surface area (Å²) in [5, 5.41) is 8.06. The lowest BCUT2D eigenvalue weighted by atomic mass is 10.0. The first-order valence-corrected chi connectivity index (χ1v) is 19.5. The molecule has 1 aliphatic carbocycles. The van der Waals surface area contributed by atoms with Crippen LogP contribution in [0.2, 0.25) is 0 Å². The predicted molar refractivity (Wildman–Crippen MR) is 212 cm³/mol. The average Bonchev–Trinajstić information content (AvgIpc) is 3.96. The molecule has 0 spiro atoms. The second kappa shape index (κ2) is 16.6. The first kappa shape index (κ1) is 38.5. The zero-order valence-electron chi connectivity index (χ0n) is 31.9. The van der Waals surface area contributed by atoms with Crippen molar-refractivity contribution in [1.82, 2.24) is 19.8 Å². The van der Waals surface area contributed by atoms with Crippen molar-refractivity contribution < 1.29 is 32.3 Å². The van der Waals surface area contributed by atoms with Crippen LogP contribution in [0.3, 0.4) is 0 Å². The first-order chi connectivity index (χ1) is 27.6. The Morgan fingerprint density at radius 3 is 2.25 bits per heavy atom. The first-order valence-electron chi connectivity index (χ1n) is 19.5. The largest absolute Gasteiger partial charge is 0.494 e. The Kier molecular flexibility index (Phi) is 11.2. The molecule has 1 amide bonds. The molecule has 4 aromatic rings. The minimum absolute atomic E-state index is 0.0845. The van der Waals surface area contributed by atoms with Gasteiger partial charge in [0.25, 0.3) is 0 Å². The van der Waals surface area contributed by atoms with Gasteiger partial charge in [-0.3, -0.25) is 19.4 Å². The van der Waals surface area contributed by atoms with Crippen LogP contribution in [0.1, 0.15) is 49.3 Å². The summed E-state index contributed by atoms with van der Waals surface area (Å²) in [6.07, 6.45) is 3.62. The molecule has 300 valence electrons. The van der Waals surface area contributed by atoms with Crippen molar-refractivity contribution in [1.29, 1.82) is 0 Å². The van der Waals surface area contributed by atoms with E-state index in [1.807, 2.05) is 18.2 Å². The number of hydrogen-bond donors (Lipinski definition) is 2. The fourth-order valence-electron chi connectivity index (χ4n) is 8.09. The fraction of sp³-hybridized carbons (Fsp3) is 0.405. The van der Waals surface area contributed by atoms with Crippen LogP contribution in [0.15, 0.2) is 85.7 Å². The predicted octanol–water partition coefficient (Wildman–Crippen LogP) is 7.80. The lowest BCUT2D eigenvalue weighted by Gasteiger charge is -2.43. The summed E-state index contributed by atoms with van der Waals surface area (Å²) in [7, 11) is 1.61. The summed E-state index contributed by atoms with van der Waals surface area (Å²) in [6, 6.07) is 18.6. The molecule has 8 rings (SSSR count). The van der Waals surface area contributed by atoms with Crippen LogP contribution in [0.25, 0.3) is 0 Å². The number of ether oxygens (including phenoxy) is 2. The number of carbonyl (C=O) groups is 1. The molecule has 0 unspecified atom stereocenters. The van der Waals surface area contributed by atoms with Gasteiger partial charge in [0.05, 0.1) is 42.4 Å². The molecule has 1 aromatic heterocycles. The number of amides is 1. The molecule has 57 heavy (non-hydrogen) atoms. The quantitative estimate of drug-likeness (QED) is 0.138. The number of aromatic nitrogens is 2. The Bertz CT molecular complexity index is 2070. The van der Waals surface area contributed by atoms with E-state index in [0.717, 1.165) is 81.5 Å². The highest BCUT2D eigenvalue weighted by molar-refractivity contribution is 6.02. The van der Waals surface area contributed by atoms with Crippen LogP contribution >= 0.6 is 0 Å². The van der Waals surface area contributed by atoms with Crippen molar-refractivity contribution in [3.63, 3.8) is 0 Å². The Labute approximate surface area is 330 Å². The number of nitrogens with zero attached hydrogens (tertiary/aromatic N) is 6. The minimum Gasteiger partial charge on any atom is -0.494 e. The number of hydrogen-bond acceptors (Lipinski definition) is 11. The van der Waals surface area contributed by atoms with Gasteiger partial charge in [0.1, 0.15) is 29.4 Å². The number of piperidine rings is 1. The maximum Gasteiger partial charge on any atom is 0.416 e. The van der Waals surface area contributed by atoms with Crippen LogP contribution in [-0.4, -0.2) is 90.7 Å². The van der Waals surface area contributed by atoms with Crippen molar-refractivity contribution >= 4 is 34.6 Å². The summed E-state index contributed by atoms with van der Waals surface area (Å²) in [5.74, 6) is 1.69. The van der Waals surface area contributed by atoms with Gasteiger partial charge in [0.2, 0.25) is 5.91 Å². The smallest absolute Gasteiger partial charge is 0.416 e. The number of anilines is 5. The van der Waals surface area contributed by atoms with E-state index in [0.29, 0.717) is 53.6 Å². The van der Waals surface area contributed by atoms with Crippen molar-refractivity contribution in [2.24, 2.45) is 0 Å². The molecule has 3 aromatic carbocycles. The topological polar surface area (TPSA) is 108 Å². The SMILES string of the molecule is C=CC(=O)Nc1cc(Nc2cc(N3OCC[C@@H]3c3cccc(Oc4cccc(C(F)(F)F)c4)c3)ncn2)c(OC)cc1N1CCC(N2CCN(C3CC3)CC2)CC1. The number of methoxy groups -OCH3 is 1. The molecule has 15 heteroatoms. The van der Waals surface area contributed by atoms with Gasteiger partial charge in [-0.1, -0.05) is 24.8 Å². The normalized spacial score (nSPS) is 19.7. The summed E-state index contributed by atoms with van der Waals surface area (Å²) in [5.41, 5.74) is 2.15. The van der Waals surface area contributed by atoms with Crippen LogP contribution in [-0.2, 0) is 15.8 Å². The zero-order valence-corrected chi connectivity index (χ0v) is 31.9. The molecule has 0 bridgehead atoms. The van der Waals surface area contributed by atoms with Gasteiger partial charge in [0.15, 0.2) is 5.82 Å². The minimum atomic E-state index is -4.48. The van der Waals surface area contributed by atoms with E-state index in [4.69, 9.17) is 14.3 Å². The molecular weight excluding hydrogens is 738 g/mol. The van der Waals surface area contributed by atoms with Crippen LogP contribution < -0.4 is 30.1 Å². The maximum atomic E-state index is 13.3. The van der Waals surface area contributed by atoms with Gasteiger partial charge in [-0.15, -0.1) is 0 Å². The van der Waals surface area contributed by atoms with E-state index in [2.05, 4.69) is 41.9 Å². The maximum absolute atomic E-state index is 13.3. The molecule has 2 N–H and O–H groups in total. The van der Waals surface area contributed by atoms with Crippen molar-refractivity contribution in [3.05, 3.63) is 96.8 Å². The lowest BCUT2D eigenvalue weighted by molar-refractivity contribution is -0.137. The number of halogens is 3. The second-order valence-corrected chi connectivity index (χ2v) is 14.8. The van der Waals surface area contributed by atoms with E-state index in [1.165, 1.54) is 37.4 Å². The Balaban J connectivity index is 0.973. The number of piperazine rings is 1. The van der Waals surface area contributed by atoms with E-state index in [9.17, 15) is 18.0 Å². The average molecular weight is 785 g/mol. The summed E-state index contributed by atoms with van der Waals surface area (Å²) in [6.45, 7) is 10.4. The van der Waals surface area contributed by atoms with E-state index in [1.54, 1.807) is 36.4 Å². The lowest BCUT2D eigenvalue weighted by Crippen LogP contribution is -2.53. The molecule has 4 fully saturated rings. The fourth-order valence-corrected chi connectivity index (χ4v) is 8.09. The van der Waals surface area contributed by atoms with Crippen molar-refractivity contribution in [3.8, 4) is 17.2 Å². The standard InChI is InChI=1S/C42H47F3N8O4/c1-3-41(54)49-34-24-35(38(55-2)25-37(34)52-15-12-31(13-16-52)51-19-17-50(18-20-51)30-10-11-30)48-39-26-40(47-27-46-39)53-36(14-21-56-53)28-6-4-8-32(22-28)57-33-9-5-7-29(23-33)42(43,44)45/h3-9,22-27,30-31,36H,1,10-21H2,2H3,(H,49,54)(H,46,47,48)/t36-/m1/s1. The Hall–Kier alpha value is -5.38. The van der Waals surface area contributed by atoms with Crippen LogP contribution in [0.4, 0.5) is 41.9 Å². The molecule has 3 aliphatic heterocycles. The highest BCUT2D eigenvalue weighted by atomic mass is 19.4. The molecule has 12 nitrogen and oxygen atoms in total. The van der Waals surface area contributed by atoms with Gasteiger partial charge in [0, 0.05) is 69.9 Å². The molecule has 1 saturated carbocycles. The van der Waals surface area contributed by atoms with E-state index >= 15 is 0 Å². The number of hydroxylamine groups is 1. The number of nitrogens with one attached hydrogen (secondary N) is 2. The van der Waals surface area contributed by atoms with Gasteiger partial charge in [-0.05, 0) is 73.7 Å². The molecule has 4 aliphatic rings. The van der Waals surface area contributed by atoms with Crippen molar-refractivity contribution in [2.45, 2.75) is 56.4 Å². The second-order valence-electron chi connectivity index (χ2n) is 14.8. The number of carbonyl (C=O) groups excluding carboxylic acids is 1. The van der Waals surface area contributed by atoms with Crippen LogP contribution in [0.5, 0.6) is 17.2 Å². The highest BCUT2D eigenvalue weighted by Gasteiger charge is 2.35. The highest BCUT2D eigenvalue weighted by Crippen LogP contribution is 2.41. The summed E-state index contributed by atoms with van der Waals surface area (Å²) in [4.78, 5) is 35.3.